The standard InChI is InChI=1S/C18H30N2O3.ClH/c1-3-13-22-17-6-4-5-7-18(17)23-16-15-21-14-12-20-10-8-19(2)9-11-20;/h4-7H,3,8-16H2,1-2H3;1H. The largest absolute Gasteiger partial charge is 0.490 e. The van der Waals surface area contributed by atoms with Crippen molar-refractivity contribution in [1.29, 1.82) is 0 Å². The predicted molar refractivity (Wildman–Crippen MR) is 99.7 cm³/mol. The third kappa shape index (κ3) is 7.71. The molecule has 0 saturated carbocycles. The van der Waals surface area contributed by atoms with E-state index in [4.69, 9.17) is 14.2 Å². The topological polar surface area (TPSA) is 34.2 Å². The van der Waals surface area contributed by atoms with Crippen molar-refractivity contribution in [3.8, 4) is 11.5 Å². The molecule has 1 heterocycles. The molecular weight excluding hydrogens is 328 g/mol. The van der Waals surface area contributed by atoms with E-state index in [0.717, 1.165) is 57.3 Å². The molecular formula is C18H31ClN2O3. The number of likely N-dealkylation sites (N-methyl/N-ethyl adjacent to an activating group) is 1. The zero-order chi connectivity index (χ0) is 16.3. The van der Waals surface area contributed by atoms with E-state index < -0.39 is 0 Å². The number of nitrogens with zero attached hydrogens (tertiary/aromatic N) is 2. The Morgan fingerprint density at radius 2 is 1.50 bits per heavy atom. The van der Waals surface area contributed by atoms with E-state index in [9.17, 15) is 0 Å². The molecule has 0 amide bonds. The Morgan fingerprint density at radius 3 is 2.12 bits per heavy atom. The molecule has 1 aromatic carbocycles. The lowest BCUT2D eigenvalue weighted by molar-refractivity contribution is 0.0651. The summed E-state index contributed by atoms with van der Waals surface area (Å²) in [5.74, 6) is 1.61. The number of halogens is 1. The minimum atomic E-state index is 0. The monoisotopic (exact) mass is 358 g/mol. The number of ether oxygens (including phenoxy) is 3. The molecule has 0 N–H and O–H groups in total. The third-order valence-electron chi connectivity index (χ3n) is 3.94. The Morgan fingerprint density at radius 1 is 0.875 bits per heavy atom. The van der Waals surface area contributed by atoms with Crippen LogP contribution in [0.3, 0.4) is 0 Å². The highest BCUT2D eigenvalue weighted by Gasteiger charge is 2.12. The third-order valence-corrected chi connectivity index (χ3v) is 3.94. The van der Waals surface area contributed by atoms with Gasteiger partial charge in [-0.25, -0.2) is 0 Å². The highest BCUT2D eigenvalue weighted by atomic mass is 35.5. The predicted octanol–water partition coefficient (Wildman–Crippen LogP) is 2.54. The molecule has 0 spiro atoms. The van der Waals surface area contributed by atoms with E-state index in [1.165, 1.54) is 0 Å². The molecule has 0 aromatic heterocycles. The first-order valence-corrected chi connectivity index (χ1v) is 8.63. The van der Waals surface area contributed by atoms with Crippen LogP contribution in [0.25, 0.3) is 0 Å². The Balaban J connectivity index is 0.00000288. The van der Waals surface area contributed by atoms with Crippen LogP contribution in [0.1, 0.15) is 13.3 Å². The van der Waals surface area contributed by atoms with Crippen LogP contribution in [-0.2, 0) is 4.74 Å². The summed E-state index contributed by atoms with van der Waals surface area (Å²) < 4.78 is 17.1. The summed E-state index contributed by atoms with van der Waals surface area (Å²) in [5, 5.41) is 0. The maximum absolute atomic E-state index is 5.77. The number of para-hydroxylation sites is 2. The molecule has 2 rings (SSSR count). The first kappa shape index (κ1) is 21.0. The molecule has 5 nitrogen and oxygen atoms in total. The Bertz CT molecular complexity index is 440. The number of hydrogen-bond acceptors (Lipinski definition) is 5. The van der Waals surface area contributed by atoms with Crippen molar-refractivity contribution >= 4 is 12.4 Å². The van der Waals surface area contributed by atoms with Gasteiger partial charge < -0.3 is 19.1 Å². The average molecular weight is 359 g/mol. The fourth-order valence-electron chi connectivity index (χ4n) is 2.48. The van der Waals surface area contributed by atoms with E-state index in [2.05, 4.69) is 23.8 Å². The van der Waals surface area contributed by atoms with Crippen molar-refractivity contribution in [2.45, 2.75) is 13.3 Å². The van der Waals surface area contributed by atoms with Crippen molar-refractivity contribution in [2.24, 2.45) is 0 Å². The molecule has 1 aromatic rings. The molecule has 138 valence electrons. The molecule has 1 saturated heterocycles. The van der Waals surface area contributed by atoms with Gasteiger partial charge in [-0.05, 0) is 25.6 Å². The zero-order valence-electron chi connectivity index (χ0n) is 14.9. The van der Waals surface area contributed by atoms with Crippen LogP contribution in [-0.4, -0.2) is 76.0 Å². The molecule has 0 unspecified atom stereocenters. The van der Waals surface area contributed by atoms with E-state index >= 15 is 0 Å². The van der Waals surface area contributed by atoms with Gasteiger partial charge >= 0.3 is 0 Å². The molecule has 0 aliphatic carbocycles. The van der Waals surface area contributed by atoms with Gasteiger partial charge in [-0.15, -0.1) is 12.4 Å². The molecule has 6 heteroatoms. The van der Waals surface area contributed by atoms with Gasteiger partial charge in [-0.1, -0.05) is 19.1 Å². The molecule has 0 bridgehead atoms. The van der Waals surface area contributed by atoms with Crippen LogP contribution in [0.2, 0.25) is 0 Å². The van der Waals surface area contributed by atoms with Crippen LogP contribution < -0.4 is 9.47 Å². The fourth-order valence-corrected chi connectivity index (χ4v) is 2.48. The van der Waals surface area contributed by atoms with Gasteiger partial charge in [-0.2, -0.15) is 0 Å². The first-order chi connectivity index (χ1) is 11.3. The van der Waals surface area contributed by atoms with Crippen molar-refractivity contribution in [3.05, 3.63) is 24.3 Å². The Hall–Kier alpha value is -1.01. The second kappa shape index (κ2) is 12.4. The summed E-state index contributed by atoms with van der Waals surface area (Å²) in [6.07, 6.45) is 0.990. The molecule has 1 aliphatic heterocycles. The fraction of sp³-hybridized carbons (Fsp3) is 0.667. The van der Waals surface area contributed by atoms with E-state index in [-0.39, 0.29) is 12.4 Å². The maximum Gasteiger partial charge on any atom is 0.161 e. The number of benzene rings is 1. The van der Waals surface area contributed by atoms with Gasteiger partial charge in [0, 0.05) is 32.7 Å². The van der Waals surface area contributed by atoms with Gasteiger partial charge in [0.2, 0.25) is 0 Å². The van der Waals surface area contributed by atoms with Gasteiger partial charge in [0.1, 0.15) is 6.61 Å². The van der Waals surface area contributed by atoms with Gasteiger partial charge in [0.05, 0.1) is 19.8 Å². The molecule has 1 fully saturated rings. The lowest BCUT2D eigenvalue weighted by atomic mass is 10.3. The van der Waals surface area contributed by atoms with Gasteiger partial charge in [0.15, 0.2) is 11.5 Å². The number of hydrogen-bond donors (Lipinski definition) is 0. The SMILES string of the molecule is CCCOc1ccccc1OCCOCCN1CCN(C)CC1.Cl. The van der Waals surface area contributed by atoms with Crippen LogP contribution >= 0.6 is 12.4 Å². The van der Waals surface area contributed by atoms with Crippen molar-refractivity contribution in [3.63, 3.8) is 0 Å². The second-order valence-electron chi connectivity index (χ2n) is 5.90. The molecule has 0 radical (unpaired) electrons. The summed E-state index contributed by atoms with van der Waals surface area (Å²) >= 11 is 0. The van der Waals surface area contributed by atoms with E-state index in [1.807, 2.05) is 24.3 Å². The van der Waals surface area contributed by atoms with Crippen LogP contribution in [0.5, 0.6) is 11.5 Å². The smallest absolute Gasteiger partial charge is 0.161 e. The summed E-state index contributed by atoms with van der Waals surface area (Å²) in [7, 11) is 2.17. The average Bonchev–Trinajstić information content (AvgIpc) is 2.58. The number of rotatable bonds is 10. The normalized spacial score (nSPS) is 15.8. The Labute approximate surface area is 152 Å². The first-order valence-electron chi connectivity index (χ1n) is 8.63. The highest BCUT2D eigenvalue weighted by Crippen LogP contribution is 2.26. The van der Waals surface area contributed by atoms with Gasteiger partial charge in [0.25, 0.3) is 0 Å². The van der Waals surface area contributed by atoms with Crippen LogP contribution in [0, 0.1) is 0 Å². The van der Waals surface area contributed by atoms with Gasteiger partial charge in [-0.3, -0.25) is 4.90 Å². The van der Waals surface area contributed by atoms with Crippen LogP contribution in [0.15, 0.2) is 24.3 Å². The Kier molecular flexibility index (Phi) is 10.8. The quantitative estimate of drug-likeness (QED) is 0.600. The zero-order valence-corrected chi connectivity index (χ0v) is 15.7. The molecule has 1 aliphatic rings. The lowest BCUT2D eigenvalue weighted by Gasteiger charge is -2.32. The van der Waals surface area contributed by atoms with E-state index in [1.54, 1.807) is 0 Å². The highest BCUT2D eigenvalue weighted by molar-refractivity contribution is 5.85. The summed E-state index contributed by atoms with van der Waals surface area (Å²) in [6.45, 7) is 10.3. The van der Waals surface area contributed by atoms with Crippen molar-refractivity contribution in [2.75, 3.05) is 66.2 Å². The summed E-state index contributed by atoms with van der Waals surface area (Å²) in [6, 6.07) is 7.81. The summed E-state index contributed by atoms with van der Waals surface area (Å²) in [5.41, 5.74) is 0. The molecule has 0 atom stereocenters. The lowest BCUT2D eigenvalue weighted by Crippen LogP contribution is -2.45. The van der Waals surface area contributed by atoms with Crippen LogP contribution in [0.4, 0.5) is 0 Å². The van der Waals surface area contributed by atoms with Crippen molar-refractivity contribution < 1.29 is 14.2 Å². The maximum atomic E-state index is 5.77. The number of piperazine rings is 1. The second-order valence-corrected chi connectivity index (χ2v) is 5.90. The minimum absolute atomic E-state index is 0. The minimum Gasteiger partial charge on any atom is -0.490 e. The summed E-state index contributed by atoms with van der Waals surface area (Å²) in [4.78, 5) is 4.82. The van der Waals surface area contributed by atoms with Crippen molar-refractivity contribution in [1.82, 2.24) is 9.80 Å². The molecule has 24 heavy (non-hydrogen) atoms. The van der Waals surface area contributed by atoms with E-state index in [0.29, 0.717) is 19.8 Å².